The van der Waals surface area contributed by atoms with Crippen LogP contribution in [-0.2, 0) is 14.3 Å². The Balaban J connectivity index is 2.32. The third-order valence-corrected chi connectivity index (χ3v) is 12.6. The van der Waals surface area contributed by atoms with E-state index in [-0.39, 0.29) is 6.61 Å². The van der Waals surface area contributed by atoms with Crippen molar-refractivity contribution in [2.24, 2.45) is 0 Å². The summed E-state index contributed by atoms with van der Waals surface area (Å²) >= 11 is 0. The van der Waals surface area contributed by atoms with Crippen LogP contribution in [0, 0.1) is 0 Å². The number of hydrogen-bond donors (Lipinski definition) is 7. The van der Waals surface area contributed by atoms with Crippen LogP contribution in [0.5, 0.6) is 0 Å². The summed E-state index contributed by atoms with van der Waals surface area (Å²) in [4.78, 5) is 13.1. The Morgan fingerprint density at radius 3 is 1.20 bits per heavy atom. The number of carbonyl (C=O) groups excluding carboxylic acids is 1. The van der Waals surface area contributed by atoms with Gasteiger partial charge in [0.15, 0.2) is 6.29 Å². The van der Waals surface area contributed by atoms with Gasteiger partial charge in [-0.3, -0.25) is 4.79 Å². The van der Waals surface area contributed by atoms with Crippen LogP contribution in [-0.4, -0.2) is 98.7 Å². The molecule has 0 aromatic carbocycles. The molecule has 0 spiro atoms. The zero-order valence-electron chi connectivity index (χ0n) is 38.4. The van der Waals surface area contributed by atoms with Crippen molar-refractivity contribution in [2.75, 3.05) is 13.2 Å². The van der Waals surface area contributed by atoms with Crippen molar-refractivity contribution in [1.29, 1.82) is 0 Å². The summed E-state index contributed by atoms with van der Waals surface area (Å²) in [5.41, 5.74) is 0. The Hall–Kier alpha value is -0.850. The van der Waals surface area contributed by atoms with Crippen molar-refractivity contribution < 1.29 is 44.9 Å². The highest BCUT2D eigenvalue weighted by atomic mass is 16.7. The van der Waals surface area contributed by atoms with E-state index in [1.165, 1.54) is 180 Å². The lowest BCUT2D eigenvalue weighted by Gasteiger charge is -2.40. The SMILES string of the molecule is CCCCCCCCCCCCCCCCCCCCC[C@@H](O)C(=O)N[C@@H](CO[C@@H]1O[C@H](CO)[C@@H](O)[C@H](O)[C@H]1O)[C@H](O)CCCCCCCCCCCCCCCCC. The predicted octanol–water partition coefficient (Wildman–Crippen LogP) is 10.1. The van der Waals surface area contributed by atoms with Gasteiger partial charge in [-0.25, -0.2) is 0 Å². The highest BCUT2D eigenvalue weighted by Gasteiger charge is 2.44. The molecule has 1 rings (SSSR count). The first-order valence-electron chi connectivity index (χ1n) is 25.3. The van der Waals surface area contributed by atoms with Crippen molar-refractivity contribution in [1.82, 2.24) is 5.32 Å². The molecule has 1 fully saturated rings. The quantitative estimate of drug-likeness (QED) is 0.0296. The molecule has 0 bridgehead atoms. The molecular formula is C49H97NO9. The summed E-state index contributed by atoms with van der Waals surface area (Å²) in [7, 11) is 0. The van der Waals surface area contributed by atoms with Gasteiger partial charge in [-0.1, -0.05) is 232 Å². The molecule has 7 N–H and O–H groups in total. The number of aliphatic hydroxyl groups excluding tert-OH is 6. The molecule has 0 saturated carbocycles. The van der Waals surface area contributed by atoms with Gasteiger partial charge in [0.25, 0.3) is 0 Å². The maximum Gasteiger partial charge on any atom is 0.249 e. The minimum Gasteiger partial charge on any atom is -0.394 e. The number of carbonyl (C=O) groups is 1. The van der Waals surface area contributed by atoms with Crippen LogP contribution >= 0.6 is 0 Å². The molecule has 10 nitrogen and oxygen atoms in total. The Morgan fingerprint density at radius 2 is 0.847 bits per heavy atom. The standard InChI is InChI=1S/C49H97NO9/c1-3-5-7-9-11-13-15-17-19-20-21-22-24-26-28-30-32-34-36-38-43(53)48(57)50-41(40-58-49-47(56)46(55)45(54)44(39-51)59-49)42(52)37-35-33-31-29-27-25-23-18-16-14-12-10-8-6-4-2/h41-47,49,51-56H,3-40H2,1-2H3,(H,50,57)/t41-,42+,43+,44+,45+,46-,47+,49+/m0/s1. The Morgan fingerprint density at radius 1 is 0.508 bits per heavy atom. The summed E-state index contributed by atoms with van der Waals surface area (Å²) in [5.74, 6) is -0.578. The fraction of sp³-hybridized carbons (Fsp3) is 0.980. The molecule has 1 heterocycles. The highest BCUT2D eigenvalue weighted by molar-refractivity contribution is 5.80. The average molecular weight is 844 g/mol. The van der Waals surface area contributed by atoms with E-state index in [9.17, 15) is 35.4 Å². The highest BCUT2D eigenvalue weighted by Crippen LogP contribution is 2.23. The first-order valence-corrected chi connectivity index (χ1v) is 25.3. The smallest absolute Gasteiger partial charge is 0.249 e. The average Bonchev–Trinajstić information content (AvgIpc) is 3.23. The predicted molar refractivity (Wildman–Crippen MR) is 241 cm³/mol. The second-order valence-electron chi connectivity index (χ2n) is 18.1. The van der Waals surface area contributed by atoms with E-state index < -0.39 is 61.5 Å². The molecule has 8 atom stereocenters. The molecule has 10 heteroatoms. The number of rotatable bonds is 43. The number of amides is 1. The molecule has 0 aromatic rings. The topological polar surface area (TPSA) is 169 Å². The second-order valence-corrected chi connectivity index (χ2v) is 18.1. The van der Waals surface area contributed by atoms with Gasteiger partial charge in [0.05, 0.1) is 25.4 Å². The third-order valence-electron chi connectivity index (χ3n) is 12.6. The normalized spacial score (nSPS) is 21.1. The van der Waals surface area contributed by atoms with Gasteiger partial charge in [0.2, 0.25) is 5.91 Å². The number of ether oxygens (including phenoxy) is 2. The number of unbranched alkanes of at least 4 members (excludes halogenated alkanes) is 32. The van der Waals surface area contributed by atoms with Crippen LogP contribution < -0.4 is 5.32 Å². The summed E-state index contributed by atoms with van der Waals surface area (Å²) in [6.45, 7) is 3.69. The molecule has 0 unspecified atom stereocenters. The van der Waals surface area contributed by atoms with Gasteiger partial charge in [-0.05, 0) is 12.8 Å². The van der Waals surface area contributed by atoms with Gasteiger partial charge in [-0.15, -0.1) is 0 Å². The molecule has 0 aliphatic carbocycles. The summed E-state index contributed by atoms with van der Waals surface area (Å²) in [5, 5.41) is 65.0. The number of aliphatic hydroxyl groups is 6. The van der Waals surface area contributed by atoms with Crippen molar-refractivity contribution >= 4 is 5.91 Å². The van der Waals surface area contributed by atoms with E-state index in [2.05, 4.69) is 19.2 Å². The molecule has 1 aliphatic heterocycles. The maximum absolute atomic E-state index is 13.1. The lowest BCUT2D eigenvalue weighted by molar-refractivity contribution is -0.302. The lowest BCUT2D eigenvalue weighted by Crippen LogP contribution is -2.60. The van der Waals surface area contributed by atoms with Crippen molar-refractivity contribution in [3.8, 4) is 0 Å². The Bertz CT molecular complexity index is 911. The van der Waals surface area contributed by atoms with Crippen LogP contribution in [0.15, 0.2) is 0 Å². The third kappa shape index (κ3) is 30.0. The van der Waals surface area contributed by atoms with Crippen LogP contribution in [0.2, 0.25) is 0 Å². The summed E-state index contributed by atoms with van der Waals surface area (Å²) in [6, 6.07) is -0.888. The van der Waals surface area contributed by atoms with Crippen molar-refractivity contribution in [3.05, 3.63) is 0 Å². The van der Waals surface area contributed by atoms with Crippen LogP contribution in [0.25, 0.3) is 0 Å². The number of hydrogen-bond acceptors (Lipinski definition) is 9. The molecule has 0 aromatic heterocycles. The number of nitrogens with one attached hydrogen (secondary N) is 1. The molecule has 1 amide bonds. The minimum atomic E-state index is -1.59. The first-order chi connectivity index (χ1) is 28.8. The van der Waals surface area contributed by atoms with Gasteiger partial charge < -0.3 is 45.4 Å². The van der Waals surface area contributed by atoms with E-state index in [0.717, 1.165) is 38.5 Å². The van der Waals surface area contributed by atoms with E-state index in [1.807, 2.05) is 0 Å². The van der Waals surface area contributed by atoms with Gasteiger partial charge in [0, 0.05) is 0 Å². The van der Waals surface area contributed by atoms with E-state index in [4.69, 9.17) is 9.47 Å². The Kier molecular flexibility index (Phi) is 38.0. The Labute approximate surface area is 362 Å². The fourth-order valence-corrected chi connectivity index (χ4v) is 8.40. The fourth-order valence-electron chi connectivity index (χ4n) is 8.40. The van der Waals surface area contributed by atoms with E-state index in [1.54, 1.807) is 0 Å². The zero-order chi connectivity index (χ0) is 43.2. The summed E-state index contributed by atoms with van der Waals surface area (Å²) < 4.78 is 11.2. The van der Waals surface area contributed by atoms with Gasteiger partial charge >= 0.3 is 0 Å². The second kappa shape index (κ2) is 40.0. The molecule has 352 valence electrons. The zero-order valence-corrected chi connectivity index (χ0v) is 38.4. The van der Waals surface area contributed by atoms with E-state index in [0.29, 0.717) is 12.8 Å². The van der Waals surface area contributed by atoms with E-state index >= 15 is 0 Å². The maximum atomic E-state index is 13.1. The molecule has 0 radical (unpaired) electrons. The van der Waals surface area contributed by atoms with Crippen molar-refractivity contribution in [3.63, 3.8) is 0 Å². The van der Waals surface area contributed by atoms with Crippen LogP contribution in [0.3, 0.4) is 0 Å². The van der Waals surface area contributed by atoms with Gasteiger partial charge in [0.1, 0.15) is 30.5 Å². The van der Waals surface area contributed by atoms with Crippen LogP contribution in [0.4, 0.5) is 0 Å². The molecule has 59 heavy (non-hydrogen) atoms. The minimum absolute atomic E-state index is 0.250. The molecule has 1 saturated heterocycles. The molecule has 1 aliphatic rings. The first kappa shape index (κ1) is 56.2. The van der Waals surface area contributed by atoms with Gasteiger partial charge in [-0.2, -0.15) is 0 Å². The molecular weight excluding hydrogens is 747 g/mol. The lowest BCUT2D eigenvalue weighted by atomic mass is 9.99. The van der Waals surface area contributed by atoms with Crippen LogP contribution in [0.1, 0.15) is 245 Å². The van der Waals surface area contributed by atoms with Crippen molar-refractivity contribution in [2.45, 2.75) is 294 Å². The largest absolute Gasteiger partial charge is 0.394 e. The summed E-state index contributed by atoms with van der Waals surface area (Å²) in [6.07, 6.45) is 34.3. The monoisotopic (exact) mass is 844 g/mol.